The molecule has 44 heavy (non-hydrogen) atoms. The Morgan fingerprint density at radius 1 is 0.977 bits per heavy atom. The van der Waals surface area contributed by atoms with E-state index in [1.54, 1.807) is 67.6 Å². The molecule has 0 aliphatic carbocycles. The topological polar surface area (TPSA) is 150 Å². The van der Waals surface area contributed by atoms with Crippen LogP contribution in [0.25, 0.3) is 11.5 Å². The molecule has 1 unspecified atom stereocenters. The number of urea groups is 1. The number of piperidine rings is 1. The molecule has 0 saturated carbocycles. The fraction of sp³-hybridized carbons (Fsp3) is 0.312. The van der Waals surface area contributed by atoms with Crippen molar-refractivity contribution < 1.29 is 52.8 Å². The lowest BCUT2D eigenvalue weighted by Crippen LogP contribution is -3.00. The minimum Gasteiger partial charge on any atom is -1.00 e. The van der Waals surface area contributed by atoms with Gasteiger partial charge in [-0.05, 0) is 86.0 Å². The molecule has 11 nitrogen and oxygen atoms in total. The SMILES string of the molecule is Cc1noc(-c2ccc(NC(=O)N[C@@H](Cc3ccc(O)cc3)C(=O)N[C@H]3CCC[N+](C)(Cc4ccc(O)cc4)C3)cc2)n1.[I-]. The molecule has 3 amide bonds. The number of hydrogen-bond acceptors (Lipinski definition) is 7. The van der Waals surface area contributed by atoms with Gasteiger partial charge in [0.05, 0.1) is 26.2 Å². The summed E-state index contributed by atoms with van der Waals surface area (Å²) in [5.41, 5.74) is 3.18. The van der Waals surface area contributed by atoms with Crippen LogP contribution in [0.3, 0.4) is 0 Å². The van der Waals surface area contributed by atoms with Gasteiger partial charge in [-0.1, -0.05) is 17.3 Å². The number of aromatic hydroxyl groups is 2. The second kappa shape index (κ2) is 14.5. The van der Waals surface area contributed by atoms with Gasteiger partial charge in [-0.15, -0.1) is 0 Å². The van der Waals surface area contributed by atoms with Crippen LogP contribution in [0.4, 0.5) is 10.5 Å². The lowest BCUT2D eigenvalue weighted by Gasteiger charge is -2.42. The number of halogens is 1. The summed E-state index contributed by atoms with van der Waals surface area (Å²) in [6.07, 6.45) is 2.05. The Kier molecular flexibility index (Phi) is 10.8. The quantitative estimate of drug-likeness (QED) is 0.129. The zero-order valence-electron chi connectivity index (χ0n) is 24.7. The van der Waals surface area contributed by atoms with Gasteiger partial charge in [-0.2, -0.15) is 4.98 Å². The number of phenols is 2. The van der Waals surface area contributed by atoms with Crippen LogP contribution in [0.5, 0.6) is 11.5 Å². The smallest absolute Gasteiger partial charge is 0.319 e. The number of amides is 3. The molecule has 1 saturated heterocycles. The summed E-state index contributed by atoms with van der Waals surface area (Å²) in [6, 6.07) is 19.4. The summed E-state index contributed by atoms with van der Waals surface area (Å²) in [7, 11) is 2.18. The molecule has 1 aromatic heterocycles. The fourth-order valence-corrected chi connectivity index (χ4v) is 5.55. The number of rotatable bonds is 9. The number of likely N-dealkylation sites (N-methyl/N-ethyl adjacent to an activating group) is 1. The highest BCUT2D eigenvalue weighted by Gasteiger charge is 2.34. The first-order valence-corrected chi connectivity index (χ1v) is 14.3. The van der Waals surface area contributed by atoms with Crippen molar-refractivity contribution in [2.75, 3.05) is 25.5 Å². The molecule has 1 aliphatic rings. The van der Waals surface area contributed by atoms with Crippen molar-refractivity contribution >= 4 is 17.6 Å². The molecule has 5 N–H and O–H groups in total. The van der Waals surface area contributed by atoms with E-state index in [2.05, 4.69) is 33.1 Å². The molecule has 5 rings (SSSR count). The van der Waals surface area contributed by atoms with Gasteiger partial charge in [0.2, 0.25) is 5.91 Å². The Hall–Kier alpha value is -4.17. The van der Waals surface area contributed by atoms with E-state index in [9.17, 15) is 19.8 Å². The van der Waals surface area contributed by atoms with Crippen molar-refractivity contribution in [3.05, 3.63) is 89.7 Å². The highest BCUT2D eigenvalue weighted by Crippen LogP contribution is 2.23. The van der Waals surface area contributed by atoms with Crippen molar-refractivity contribution in [3.63, 3.8) is 0 Å². The van der Waals surface area contributed by atoms with E-state index >= 15 is 0 Å². The second-order valence-corrected chi connectivity index (χ2v) is 11.4. The number of likely N-dealkylation sites (tertiary alicyclic amines) is 1. The van der Waals surface area contributed by atoms with Gasteiger partial charge in [0, 0.05) is 23.2 Å². The molecule has 0 bridgehead atoms. The average Bonchev–Trinajstić information content (AvgIpc) is 3.41. The number of carbonyl (C=O) groups excluding carboxylic acids is 2. The minimum atomic E-state index is -0.844. The van der Waals surface area contributed by atoms with Gasteiger partial charge < -0.3 is 59.1 Å². The van der Waals surface area contributed by atoms with Crippen LogP contribution in [-0.4, -0.2) is 69.0 Å². The van der Waals surface area contributed by atoms with Crippen LogP contribution in [0.1, 0.15) is 29.8 Å². The summed E-state index contributed by atoms with van der Waals surface area (Å²) < 4.78 is 5.95. The van der Waals surface area contributed by atoms with Gasteiger partial charge >= 0.3 is 6.03 Å². The molecule has 1 aliphatic heterocycles. The van der Waals surface area contributed by atoms with Gasteiger partial charge in [-0.25, -0.2) is 4.79 Å². The maximum absolute atomic E-state index is 13.6. The summed E-state index contributed by atoms with van der Waals surface area (Å²) in [4.78, 5) is 30.9. The maximum Gasteiger partial charge on any atom is 0.319 e. The number of hydrogen-bond donors (Lipinski definition) is 5. The maximum atomic E-state index is 13.6. The third-order valence-corrected chi connectivity index (χ3v) is 7.67. The minimum absolute atomic E-state index is 0. The van der Waals surface area contributed by atoms with Gasteiger partial charge in [-0.3, -0.25) is 4.79 Å². The molecule has 1 fully saturated rings. The Labute approximate surface area is 273 Å². The molecular formula is C32H37IN6O5. The Balaban J connectivity index is 0.00000442. The Morgan fingerprint density at radius 3 is 2.23 bits per heavy atom. The van der Waals surface area contributed by atoms with Crippen molar-refractivity contribution in [1.82, 2.24) is 20.8 Å². The number of benzene rings is 3. The Bertz CT molecular complexity index is 1540. The zero-order valence-corrected chi connectivity index (χ0v) is 26.8. The highest BCUT2D eigenvalue weighted by molar-refractivity contribution is 5.94. The average molecular weight is 713 g/mol. The van der Waals surface area contributed by atoms with Crippen molar-refractivity contribution in [2.45, 2.75) is 44.8 Å². The van der Waals surface area contributed by atoms with Crippen LogP contribution < -0.4 is 39.9 Å². The predicted molar refractivity (Wildman–Crippen MR) is 161 cm³/mol. The van der Waals surface area contributed by atoms with Crippen molar-refractivity contribution in [2.24, 2.45) is 0 Å². The fourth-order valence-electron chi connectivity index (χ4n) is 5.55. The van der Waals surface area contributed by atoms with Crippen LogP contribution in [0, 0.1) is 6.92 Å². The molecular weight excluding hydrogens is 675 g/mol. The third-order valence-electron chi connectivity index (χ3n) is 7.67. The van der Waals surface area contributed by atoms with E-state index in [0.29, 0.717) is 17.4 Å². The monoisotopic (exact) mass is 712 g/mol. The summed E-state index contributed by atoms with van der Waals surface area (Å²) in [6.45, 7) is 4.25. The van der Waals surface area contributed by atoms with E-state index in [0.717, 1.165) is 53.6 Å². The summed E-state index contributed by atoms with van der Waals surface area (Å²) >= 11 is 0. The molecule has 12 heteroatoms. The number of carbonyl (C=O) groups is 2. The molecule has 3 aromatic carbocycles. The van der Waals surface area contributed by atoms with Crippen LogP contribution >= 0.6 is 0 Å². The number of quaternary nitrogens is 1. The zero-order chi connectivity index (χ0) is 30.4. The standard InChI is InChI=1S/C32H36N6O5.HI/c1-21-33-31(43-37-21)24-9-11-25(12-10-24)35-32(42)36-29(18-22-5-13-27(39)14-6-22)30(41)34-26-4-3-17-38(2,20-26)19-23-7-15-28(40)16-8-23;/h5-16,26,29H,3-4,17-20H2,1-2H3,(H4-,33,34,35,36,37,39,40,41,42);1H/t26-,29-,38?;/m0./s1. The number of anilines is 1. The van der Waals surface area contributed by atoms with E-state index < -0.39 is 12.1 Å². The van der Waals surface area contributed by atoms with E-state index in [4.69, 9.17) is 4.52 Å². The van der Waals surface area contributed by atoms with E-state index in [1.165, 1.54) is 0 Å². The number of nitrogens with one attached hydrogen (secondary N) is 3. The van der Waals surface area contributed by atoms with E-state index in [1.807, 2.05) is 12.1 Å². The number of nitrogens with zero attached hydrogens (tertiary/aromatic N) is 3. The highest BCUT2D eigenvalue weighted by atomic mass is 127. The lowest BCUT2D eigenvalue weighted by molar-refractivity contribution is -0.927. The van der Waals surface area contributed by atoms with Crippen LogP contribution in [0.2, 0.25) is 0 Å². The first-order valence-electron chi connectivity index (χ1n) is 14.3. The summed E-state index contributed by atoms with van der Waals surface area (Å²) in [5.74, 6) is 1.02. The van der Waals surface area contributed by atoms with Crippen molar-refractivity contribution in [1.29, 1.82) is 0 Å². The molecule has 0 radical (unpaired) electrons. The van der Waals surface area contributed by atoms with Crippen LogP contribution in [-0.2, 0) is 17.8 Å². The first-order chi connectivity index (χ1) is 20.6. The second-order valence-electron chi connectivity index (χ2n) is 11.4. The van der Waals surface area contributed by atoms with E-state index in [-0.39, 0.29) is 53.8 Å². The molecule has 3 atom stereocenters. The third kappa shape index (κ3) is 8.92. The Morgan fingerprint density at radius 2 is 1.61 bits per heavy atom. The lowest BCUT2D eigenvalue weighted by atomic mass is 10.00. The van der Waals surface area contributed by atoms with Gasteiger partial charge in [0.1, 0.15) is 24.1 Å². The number of phenolic OH excluding ortho intramolecular Hbond substituents is 2. The summed E-state index contributed by atoms with van der Waals surface area (Å²) in [5, 5.41) is 32.0. The molecule has 0 spiro atoms. The molecule has 232 valence electrons. The first kappa shape index (κ1) is 32.7. The predicted octanol–water partition coefficient (Wildman–Crippen LogP) is 1.12. The molecule has 2 heterocycles. The van der Waals surface area contributed by atoms with Gasteiger partial charge in [0.15, 0.2) is 5.82 Å². The molecule has 4 aromatic rings. The number of aromatic nitrogens is 2. The normalized spacial score (nSPS) is 18.5. The van der Waals surface area contributed by atoms with Gasteiger partial charge in [0.25, 0.3) is 5.89 Å². The van der Waals surface area contributed by atoms with Crippen LogP contribution in [0.15, 0.2) is 77.3 Å². The largest absolute Gasteiger partial charge is 1.00 e. The van der Waals surface area contributed by atoms with Crippen molar-refractivity contribution in [3.8, 4) is 23.0 Å². The number of aryl methyl sites for hydroxylation is 1.